The van der Waals surface area contributed by atoms with Gasteiger partial charge in [-0.2, -0.15) is 0 Å². The molecule has 0 aliphatic heterocycles. The van der Waals surface area contributed by atoms with Crippen LogP contribution in [0.25, 0.3) is 0 Å². The minimum absolute atomic E-state index is 0.00706. The van der Waals surface area contributed by atoms with Crippen LogP contribution in [0.15, 0.2) is 24.3 Å². The van der Waals surface area contributed by atoms with Gasteiger partial charge in [-0.1, -0.05) is 13.8 Å². The van der Waals surface area contributed by atoms with E-state index in [-0.39, 0.29) is 17.2 Å². The molecule has 1 rings (SSSR count). The smallest absolute Gasteiger partial charge is 0.224 e. The average Bonchev–Trinajstić information content (AvgIpc) is 2.38. The summed E-state index contributed by atoms with van der Waals surface area (Å²) in [6.45, 7) is 6.34. The number of hydrogen-bond acceptors (Lipinski definition) is 3. The number of nitrogens with two attached hydrogens (primary N) is 1. The fourth-order valence-corrected chi connectivity index (χ4v) is 2.03. The Morgan fingerprint density at radius 1 is 1.05 bits per heavy atom. The predicted molar refractivity (Wildman–Crippen MR) is 86.1 cm³/mol. The first-order valence-corrected chi connectivity index (χ1v) is 7.20. The molecule has 0 spiro atoms. The molecule has 4 N–H and O–H groups in total. The van der Waals surface area contributed by atoms with E-state index >= 15 is 0 Å². The predicted octanol–water partition coefficient (Wildman–Crippen LogP) is 2.74. The molecule has 0 heterocycles. The molecule has 21 heavy (non-hydrogen) atoms. The Bertz CT molecular complexity index is 481. The molecular weight excluding hydrogens is 266 g/mol. The number of nitrogens with one attached hydrogen (secondary N) is 2. The van der Waals surface area contributed by atoms with Crippen LogP contribution < -0.4 is 16.4 Å². The van der Waals surface area contributed by atoms with Crippen molar-refractivity contribution in [1.29, 1.82) is 0 Å². The molecule has 116 valence electrons. The number of hydrogen-bond donors (Lipinski definition) is 3. The molecule has 0 aromatic heterocycles. The molecule has 0 aliphatic carbocycles. The minimum atomic E-state index is -0.117. The van der Waals surface area contributed by atoms with Crippen molar-refractivity contribution < 1.29 is 9.59 Å². The third-order valence-electron chi connectivity index (χ3n) is 3.34. The molecule has 0 atom stereocenters. The van der Waals surface area contributed by atoms with Gasteiger partial charge in [0.05, 0.1) is 0 Å². The fourth-order valence-electron chi connectivity index (χ4n) is 2.03. The van der Waals surface area contributed by atoms with Gasteiger partial charge in [0.25, 0.3) is 0 Å². The quantitative estimate of drug-likeness (QED) is 0.722. The van der Waals surface area contributed by atoms with Crippen LogP contribution in [0.3, 0.4) is 0 Å². The summed E-state index contributed by atoms with van der Waals surface area (Å²) in [5.74, 6) is -0.124. The average molecular weight is 291 g/mol. The summed E-state index contributed by atoms with van der Waals surface area (Å²) in [5, 5.41) is 5.54. The van der Waals surface area contributed by atoms with Gasteiger partial charge in [0, 0.05) is 24.7 Å². The highest BCUT2D eigenvalue weighted by molar-refractivity contribution is 5.92. The zero-order valence-electron chi connectivity index (χ0n) is 13.0. The highest BCUT2D eigenvalue weighted by Gasteiger charge is 2.18. The SMILES string of the molecule is CC(=O)Nc1ccc(NC(=O)CCC(C)(C)CCN)cc1. The zero-order chi connectivity index (χ0) is 15.9. The maximum absolute atomic E-state index is 11.9. The molecule has 0 aliphatic rings. The third kappa shape index (κ3) is 6.90. The fraction of sp³-hybridized carbons (Fsp3) is 0.500. The lowest BCUT2D eigenvalue weighted by Gasteiger charge is -2.23. The van der Waals surface area contributed by atoms with E-state index in [1.54, 1.807) is 24.3 Å². The summed E-state index contributed by atoms with van der Waals surface area (Å²) in [6.07, 6.45) is 2.19. The second-order valence-corrected chi connectivity index (χ2v) is 6.01. The van der Waals surface area contributed by atoms with Crippen LogP contribution in [0.5, 0.6) is 0 Å². The highest BCUT2D eigenvalue weighted by Crippen LogP contribution is 2.26. The molecule has 0 radical (unpaired) electrons. The van der Waals surface area contributed by atoms with Crippen molar-refractivity contribution in [3.8, 4) is 0 Å². The minimum Gasteiger partial charge on any atom is -0.330 e. The van der Waals surface area contributed by atoms with E-state index < -0.39 is 0 Å². The van der Waals surface area contributed by atoms with Crippen LogP contribution >= 0.6 is 0 Å². The van der Waals surface area contributed by atoms with Gasteiger partial charge in [-0.25, -0.2) is 0 Å². The van der Waals surface area contributed by atoms with Gasteiger partial charge < -0.3 is 16.4 Å². The molecule has 1 aromatic rings. The molecule has 5 heteroatoms. The van der Waals surface area contributed by atoms with E-state index in [1.165, 1.54) is 6.92 Å². The van der Waals surface area contributed by atoms with Crippen LogP contribution in [0.1, 0.15) is 40.0 Å². The first-order valence-electron chi connectivity index (χ1n) is 7.20. The summed E-state index contributed by atoms with van der Waals surface area (Å²) in [5.41, 5.74) is 7.09. The Morgan fingerprint density at radius 2 is 1.57 bits per heavy atom. The topological polar surface area (TPSA) is 84.2 Å². The van der Waals surface area contributed by atoms with Gasteiger partial charge in [-0.05, 0) is 49.1 Å². The molecule has 0 bridgehead atoms. The van der Waals surface area contributed by atoms with Crippen LogP contribution in [-0.4, -0.2) is 18.4 Å². The molecule has 0 saturated carbocycles. The van der Waals surface area contributed by atoms with Crippen molar-refractivity contribution in [3.05, 3.63) is 24.3 Å². The van der Waals surface area contributed by atoms with Gasteiger partial charge >= 0.3 is 0 Å². The number of carbonyl (C=O) groups excluding carboxylic acids is 2. The normalized spacial score (nSPS) is 11.0. The van der Waals surface area contributed by atoms with Crippen LogP contribution in [0.4, 0.5) is 11.4 Å². The van der Waals surface area contributed by atoms with Crippen molar-refractivity contribution in [2.24, 2.45) is 11.1 Å². The summed E-state index contributed by atoms with van der Waals surface area (Å²) >= 11 is 0. The third-order valence-corrected chi connectivity index (χ3v) is 3.34. The molecule has 0 saturated heterocycles. The number of anilines is 2. The van der Waals surface area contributed by atoms with Crippen LogP contribution in [0.2, 0.25) is 0 Å². The summed E-state index contributed by atoms with van der Waals surface area (Å²) in [7, 11) is 0. The van der Waals surface area contributed by atoms with Crippen molar-refractivity contribution in [3.63, 3.8) is 0 Å². The van der Waals surface area contributed by atoms with Crippen LogP contribution in [0, 0.1) is 5.41 Å². The van der Waals surface area contributed by atoms with E-state index in [4.69, 9.17) is 5.73 Å². The van der Waals surface area contributed by atoms with Crippen molar-refractivity contribution in [1.82, 2.24) is 0 Å². The van der Waals surface area contributed by atoms with Crippen molar-refractivity contribution in [2.45, 2.75) is 40.0 Å². The lowest BCUT2D eigenvalue weighted by molar-refractivity contribution is -0.117. The molecule has 1 aromatic carbocycles. The standard InChI is InChI=1S/C16H25N3O2/c1-12(20)18-13-4-6-14(7-5-13)19-15(21)8-9-16(2,3)10-11-17/h4-7H,8-11,17H2,1-3H3,(H,18,20)(H,19,21). The molecule has 2 amide bonds. The Morgan fingerprint density at radius 3 is 2.05 bits per heavy atom. The van der Waals surface area contributed by atoms with Crippen LogP contribution in [-0.2, 0) is 9.59 Å². The van der Waals surface area contributed by atoms with E-state index in [2.05, 4.69) is 24.5 Å². The van der Waals surface area contributed by atoms with Crippen molar-refractivity contribution in [2.75, 3.05) is 17.2 Å². The first-order chi connectivity index (χ1) is 9.82. The number of rotatable bonds is 7. The lowest BCUT2D eigenvalue weighted by atomic mass is 9.84. The summed E-state index contributed by atoms with van der Waals surface area (Å²) in [6, 6.07) is 7.06. The first kappa shape index (κ1) is 17.2. The monoisotopic (exact) mass is 291 g/mol. The molecule has 0 unspecified atom stereocenters. The maximum Gasteiger partial charge on any atom is 0.224 e. The number of carbonyl (C=O) groups is 2. The van der Waals surface area contributed by atoms with E-state index in [0.717, 1.165) is 18.5 Å². The van der Waals surface area contributed by atoms with E-state index in [9.17, 15) is 9.59 Å². The Labute approximate surface area is 126 Å². The molecule has 5 nitrogen and oxygen atoms in total. The number of amides is 2. The Balaban J connectivity index is 2.46. The zero-order valence-corrected chi connectivity index (χ0v) is 13.0. The van der Waals surface area contributed by atoms with E-state index in [0.29, 0.717) is 18.7 Å². The summed E-state index contributed by atoms with van der Waals surface area (Å²) in [4.78, 5) is 22.8. The Kier molecular flexibility index (Phi) is 6.37. The summed E-state index contributed by atoms with van der Waals surface area (Å²) < 4.78 is 0. The van der Waals surface area contributed by atoms with Gasteiger partial charge in [-0.15, -0.1) is 0 Å². The van der Waals surface area contributed by atoms with Gasteiger partial charge in [0.2, 0.25) is 11.8 Å². The Hall–Kier alpha value is -1.88. The largest absolute Gasteiger partial charge is 0.330 e. The van der Waals surface area contributed by atoms with E-state index in [1.807, 2.05) is 0 Å². The highest BCUT2D eigenvalue weighted by atomic mass is 16.2. The maximum atomic E-state index is 11.9. The second-order valence-electron chi connectivity index (χ2n) is 6.01. The molecular formula is C16H25N3O2. The lowest BCUT2D eigenvalue weighted by Crippen LogP contribution is -2.20. The van der Waals surface area contributed by atoms with Gasteiger partial charge in [0.15, 0.2) is 0 Å². The van der Waals surface area contributed by atoms with Gasteiger partial charge in [-0.3, -0.25) is 9.59 Å². The van der Waals surface area contributed by atoms with Gasteiger partial charge in [0.1, 0.15) is 0 Å². The van der Waals surface area contributed by atoms with Crippen molar-refractivity contribution >= 4 is 23.2 Å². The second kappa shape index (κ2) is 7.78. The number of benzene rings is 1. The molecule has 0 fully saturated rings.